The van der Waals surface area contributed by atoms with E-state index in [9.17, 15) is 9.18 Å². The number of rotatable bonds is 2. The highest BCUT2D eigenvalue weighted by Crippen LogP contribution is 2.30. The van der Waals surface area contributed by atoms with E-state index < -0.39 is 5.82 Å². The lowest BCUT2D eigenvalue weighted by Crippen LogP contribution is -1.95. The number of halogens is 3. The average molecular weight is 270 g/mol. The van der Waals surface area contributed by atoms with E-state index in [1.165, 1.54) is 18.2 Å². The summed E-state index contributed by atoms with van der Waals surface area (Å²) in [5, 5.41) is 0.742. The lowest BCUT2D eigenvalue weighted by molar-refractivity contribution is 0.111. The number of nitrogens with zero attached hydrogens (tertiary/aromatic N) is 1. The van der Waals surface area contributed by atoms with Crippen LogP contribution in [-0.2, 0) is 0 Å². The number of hydrogen-bond acceptors (Lipinski definition) is 2. The van der Waals surface area contributed by atoms with Gasteiger partial charge in [-0.1, -0.05) is 23.2 Å². The van der Waals surface area contributed by atoms with Gasteiger partial charge in [-0.2, -0.15) is 0 Å². The van der Waals surface area contributed by atoms with Crippen molar-refractivity contribution in [3.8, 4) is 11.3 Å². The Kier molecular flexibility index (Phi) is 3.41. The van der Waals surface area contributed by atoms with Gasteiger partial charge < -0.3 is 0 Å². The molecule has 0 radical (unpaired) electrons. The van der Waals surface area contributed by atoms with Gasteiger partial charge in [-0.15, -0.1) is 0 Å². The highest BCUT2D eigenvalue weighted by atomic mass is 35.5. The Morgan fingerprint density at radius 3 is 2.65 bits per heavy atom. The van der Waals surface area contributed by atoms with E-state index >= 15 is 0 Å². The van der Waals surface area contributed by atoms with Crippen LogP contribution < -0.4 is 0 Å². The number of pyridine rings is 1. The Morgan fingerprint density at radius 2 is 1.94 bits per heavy atom. The molecule has 1 heterocycles. The van der Waals surface area contributed by atoms with Crippen LogP contribution >= 0.6 is 23.2 Å². The standard InChI is InChI=1S/C12H6Cl2FNO/c13-7-1-3-10(14)9(5-7)12-11(15)4-2-8(6-17)16-12/h1-6H. The second-order valence-electron chi connectivity index (χ2n) is 3.31. The minimum atomic E-state index is -0.556. The number of aldehydes is 1. The summed E-state index contributed by atoms with van der Waals surface area (Å²) in [6.07, 6.45) is 0.543. The van der Waals surface area contributed by atoms with E-state index in [-0.39, 0.29) is 11.4 Å². The molecule has 0 unspecified atom stereocenters. The van der Waals surface area contributed by atoms with Crippen molar-refractivity contribution in [1.82, 2.24) is 4.98 Å². The second-order valence-corrected chi connectivity index (χ2v) is 4.15. The van der Waals surface area contributed by atoms with Crippen molar-refractivity contribution in [2.24, 2.45) is 0 Å². The van der Waals surface area contributed by atoms with Gasteiger partial charge in [-0.05, 0) is 30.3 Å². The predicted molar refractivity (Wildman–Crippen MR) is 65.0 cm³/mol. The molecule has 1 aromatic carbocycles. The largest absolute Gasteiger partial charge is 0.296 e. The molecular formula is C12H6Cl2FNO. The molecule has 0 N–H and O–H groups in total. The molecule has 1 aromatic heterocycles. The van der Waals surface area contributed by atoms with Crippen molar-refractivity contribution < 1.29 is 9.18 Å². The molecule has 2 nitrogen and oxygen atoms in total. The molecule has 2 aromatic rings. The molecule has 2 rings (SSSR count). The first-order chi connectivity index (χ1) is 8.11. The van der Waals surface area contributed by atoms with Crippen LogP contribution in [0.2, 0.25) is 10.0 Å². The Bertz CT molecular complexity index is 587. The number of carbonyl (C=O) groups excluding carboxylic acids is 1. The number of aromatic nitrogens is 1. The van der Waals surface area contributed by atoms with Gasteiger partial charge in [0.05, 0.1) is 5.02 Å². The Morgan fingerprint density at radius 1 is 1.18 bits per heavy atom. The summed E-state index contributed by atoms with van der Waals surface area (Å²) < 4.78 is 13.6. The lowest BCUT2D eigenvalue weighted by Gasteiger charge is -2.06. The van der Waals surface area contributed by atoms with Crippen molar-refractivity contribution >= 4 is 29.5 Å². The van der Waals surface area contributed by atoms with E-state index in [1.54, 1.807) is 12.1 Å². The zero-order valence-corrected chi connectivity index (χ0v) is 9.97. The molecule has 0 saturated carbocycles. The van der Waals surface area contributed by atoms with Crippen LogP contribution in [0.25, 0.3) is 11.3 Å². The summed E-state index contributed by atoms with van der Waals surface area (Å²) >= 11 is 11.8. The van der Waals surface area contributed by atoms with Gasteiger partial charge in [0.2, 0.25) is 0 Å². The molecule has 86 valence electrons. The molecule has 0 aliphatic rings. The van der Waals surface area contributed by atoms with E-state index in [2.05, 4.69) is 4.98 Å². The van der Waals surface area contributed by atoms with Crippen LogP contribution in [0.5, 0.6) is 0 Å². The SMILES string of the molecule is O=Cc1ccc(F)c(-c2cc(Cl)ccc2Cl)n1. The maximum atomic E-state index is 13.6. The van der Waals surface area contributed by atoms with Gasteiger partial charge in [0.15, 0.2) is 6.29 Å². The molecule has 0 aliphatic heterocycles. The smallest absolute Gasteiger partial charge is 0.168 e. The molecule has 0 atom stereocenters. The van der Waals surface area contributed by atoms with Gasteiger partial charge in [0.1, 0.15) is 17.2 Å². The Hall–Kier alpha value is -1.45. The van der Waals surface area contributed by atoms with Crippen LogP contribution in [0, 0.1) is 5.82 Å². The molecule has 0 aliphatic carbocycles. The Labute approximate surface area is 107 Å². The summed E-state index contributed by atoms with van der Waals surface area (Å²) in [6, 6.07) is 7.11. The summed E-state index contributed by atoms with van der Waals surface area (Å²) in [5.41, 5.74) is 0.514. The maximum Gasteiger partial charge on any atom is 0.168 e. The summed E-state index contributed by atoms with van der Waals surface area (Å²) in [6.45, 7) is 0. The monoisotopic (exact) mass is 269 g/mol. The van der Waals surface area contributed by atoms with Gasteiger partial charge in [-0.25, -0.2) is 9.37 Å². The summed E-state index contributed by atoms with van der Waals surface area (Å²) in [7, 11) is 0. The molecule has 17 heavy (non-hydrogen) atoms. The van der Waals surface area contributed by atoms with Crippen LogP contribution in [0.15, 0.2) is 30.3 Å². The van der Waals surface area contributed by atoms with Crippen LogP contribution in [-0.4, -0.2) is 11.3 Å². The van der Waals surface area contributed by atoms with Crippen LogP contribution in [0.3, 0.4) is 0 Å². The third-order valence-electron chi connectivity index (χ3n) is 2.17. The van der Waals surface area contributed by atoms with Gasteiger partial charge in [0.25, 0.3) is 0 Å². The van der Waals surface area contributed by atoms with E-state index in [1.807, 2.05) is 0 Å². The highest BCUT2D eigenvalue weighted by molar-refractivity contribution is 6.35. The zero-order valence-electron chi connectivity index (χ0n) is 8.45. The first-order valence-electron chi connectivity index (χ1n) is 4.69. The maximum absolute atomic E-state index is 13.6. The third kappa shape index (κ3) is 2.46. The fourth-order valence-corrected chi connectivity index (χ4v) is 1.77. The van der Waals surface area contributed by atoms with Crippen molar-refractivity contribution in [1.29, 1.82) is 0 Å². The highest BCUT2D eigenvalue weighted by Gasteiger charge is 2.12. The van der Waals surface area contributed by atoms with Crippen molar-refractivity contribution in [2.75, 3.05) is 0 Å². The molecule has 0 bridgehead atoms. The Balaban J connectivity index is 2.66. The predicted octanol–water partition coefficient (Wildman–Crippen LogP) is 4.01. The normalized spacial score (nSPS) is 10.3. The molecule has 5 heteroatoms. The quantitative estimate of drug-likeness (QED) is 0.772. The first kappa shape index (κ1) is 12.0. The molecule has 0 spiro atoms. The van der Waals surface area contributed by atoms with E-state index in [4.69, 9.17) is 23.2 Å². The first-order valence-corrected chi connectivity index (χ1v) is 5.44. The number of hydrogen-bond donors (Lipinski definition) is 0. The van der Waals surface area contributed by atoms with E-state index in [0.717, 1.165) is 0 Å². The molecule has 0 saturated heterocycles. The fourth-order valence-electron chi connectivity index (χ4n) is 1.39. The third-order valence-corrected chi connectivity index (χ3v) is 2.74. The molecular weight excluding hydrogens is 264 g/mol. The van der Waals surface area contributed by atoms with Gasteiger partial charge >= 0.3 is 0 Å². The van der Waals surface area contributed by atoms with Crippen LogP contribution in [0.4, 0.5) is 4.39 Å². The minimum absolute atomic E-state index is 0.0158. The minimum Gasteiger partial charge on any atom is -0.296 e. The van der Waals surface area contributed by atoms with Crippen molar-refractivity contribution in [3.05, 3.63) is 51.9 Å². The second kappa shape index (κ2) is 4.82. The van der Waals surface area contributed by atoms with E-state index in [0.29, 0.717) is 21.9 Å². The summed E-state index contributed by atoms with van der Waals surface area (Å²) in [5.74, 6) is -0.556. The van der Waals surface area contributed by atoms with Crippen molar-refractivity contribution in [3.63, 3.8) is 0 Å². The number of carbonyl (C=O) groups is 1. The molecule has 0 fully saturated rings. The number of benzene rings is 1. The zero-order chi connectivity index (χ0) is 12.4. The molecule has 0 amide bonds. The topological polar surface area (TPSA) is 30.0 Å². The lowest BCUT2D eigenvalue weighted by atomic mass is 10.1. The van der Waals surface area contributed by atoms with Gasteiger partial charge in [0, 0.05) is 10.6 Å². The summed E-state index contributed by atoms with van der Waals surface area (Å²) in [4.78, 5) is 14.5. The van der Waals surface area contributed by atoms with Crippen molar-refractivity contribution in [2.45, 2.75) is 0 Å². The average Bonchev–Trinajstić information content (AvgIpc) is 2.33. The fraction of sp³-hybridized carbons (Fsp3) is 0. The van der Waals surface area contributed by atoms with Gasteiger partial charge in [-0.3, -0.25) is 4.79 Å². The van der Waals surface area contributed by atoms with Crippen LogP contribution in [0.1, 0.15) is 10.5 Å².